The van der Waals surface area contributed by atoms with E-state index < -0.39 is 35.4 Å². The third kappa shape index (κ3) is 4.61. The van der Waals surface area contributed by atoms with E-state index in [-0.39, 0.29) is 40.0 Å². The number of primary amides is 1. The van der Waals surface area contributed by atoms with Crippen LogP contribution < -0.4 is 11.5 Å². The van der Waals surface area contributed by atoms with Crippen molar-refractivity contribution in [2.45, 2.75) is 31.8 Å². The molecule has 4 N–H and O–H groups in total. The van der Waals surface area contributed by atoms with Crippen molar-refractivity contribution in [3.63, 3.8) is 0 Å². The maximum atomic E-state index is 14.0. The molecule has 0 aliphatic rings. The van der Waals surface area contributed by atoms with Crippen molar-refractivity contribution < 1.29 is 45.1 Å². The number of amides is 1. The molecule has 0 spiro atoms. The lowest BCUT2D eigenvalue weighted by atomic mass is 9.88. The quantitative estimate of drug-likeness (QED) is 0.398. The van der Waals surface area contributed by atoms with Gasteiger partial charge in [0.1, 0.15) is 0 Å². The minimum absolute atomic E-state index is 0.0200. The number of benzene rings is 1. The summed E-state index contributed by atoms with van der Waals surface area (Å²) in [6.07, 6.45) is -9.34. The fourth-order valence-electron chi connectivity index (χ4n) is 3.11. The van der Waals surface area contributed by atoms with Gasteiger partial charge in [-0.2, -0.15) is 26.3 Å². The Bertz CT molecular complexity index is 1300. The van der Waals surface area contributed by atoms with Gasteiger partial charge >= 0.3 is 23.9 Å². The van der Waals surface area contributed by atoms with Crippen molar-refractivity contribution in [3.05, 3.63) is 47.6 Å². The minimum atomic E-state index is -5.86. The Morgan fingerprint density at radius 3 is 2.20 bits per heavy atom. The van der Waals surface area contributed by atoms with Gasteiger partial charge in [0, 0.05) is 18.1 Å². The van der Waals surface area contributed by atoms with E-state index in [0.29, 0.717) is 12.1 Å². The molecule has 1 unspecified atom stereocenters. The summed E-state index contributed by atoms with van der Waals surface area (Å²) in [6, 6.07) is 2.38. The number of alkyl halides is 6. The molecule has 3 rings (SSSR count). The number of esters is 1. The first-order valence-electron chi connectivity index (χ1n) is 9.41. The van der Waals surface area contributed by atoms with Crippen molar-refractivity contribution in [1.29, 1.82) is 0 Å². The van der Waals surface area contributed by atoms with E-state index in [4.69, 9.17) is 15.9 Å². The number of carbonyl (C=O) groups excluding carboxylic acids is 2. The lowest BCUT2D eigenvalue weighted by Crippen LogP contribution is -2.57. The van der Waals surface area contributed by atoms with Crippen LogP contribution in [0.2, 0.25) is 0 Å². The molecular weight excluding hydrogens is 488 g/mol. The average molecular weight is 503 g/mol. The van der Waals surface area contributed by atoms with Crippen LogP contribution in [0.1, 0.15) is 17.0 Å². The number of aromatic nitrogens is 3. The van der Waals surface area contributed by atoms with Crippen LogP contribution in [0, 0.1) is 13.8 Å². The smallest absolute Gasteiger partial charge is 0.439 e. The zero-order valence-corrected chi connectivity index (χ0v) is 17.8. The molecule has 9 nitrogen and oxygen atoms in total. The standard InChI is InChI=1S/C20H15F6N5O4/c1-8-3-4-10(18(16(28)32,20(24,25)26)35-17(33)19(21,22)23)5-11(8)12-6-30-15(27)14(31-12)13-7-29-9(2)34-13/h3-7H,1-2H3,(H2,27,30)(H2,28,32). The first-order chi connectivity index (χ1) is 16.1. The number of aryl methyl sites for hydroxylation is 2. The molecule has 2 heterocycles. The Morgan fingerprint density at radius 2 is 1.69 bits per heavy atom. The Hall–Kier alpha value is -4.17. The number of oxazole rings is 1. The number of nitrogen functional groups attached to an aromatic ring is 1. The molecule has 2 aromatic heterocycles. The van der Waals surface area contributed by atoms with Crippen LogP contribution in [-0.4, -0.2) is 39.2 Å². The van der Waals surface area contributed by atoms with Gasteiger partial charge in [0.25, 0.3) is 5.91 Å². The molecule has 0 fully saturated rings. The first-order valence-corrected chi connectivity index (χ1v) is 9.41. The van der Waals surface area contributed by atoms with Gasteiger partial charge in [-0.1, -0.05) is 12.1 Å². The zero-order valence-electron chi connectivity index (χ0n) is 17.8. The fraction of sp³-hybridized carbons (Fsp3) is 0.250. The molecule has 35 heavy (non-hydrogen) atoms. The van der Waals surface area contributed by atoms with E-state index in [9.17, 15) is 35.9 Å². The molecular formula is C20H15F6N5O4. The van der Waals surface area contributed by atoms with Crippen LogP contribution in [-0.2, 0) is 19.9 Å². The summed E-state index contributed by atoms with van der Waals surface area (Å²) < 4.78 is 89.4. The van der Waals surface area contributed by atoms with E-state index >= 15 is 0 Å². The summed E-state index contributed by atoms with van der Waals surface area (Å²) in [6.45, 7) is 2.98. The fourth-order valence-corrected chi connectivity index (χ4v) is 3.11. The number of rotatable bonds is 5. The summed E-state index contributed by atoms with van der Waals surface area (Å²) in [7, 11) is 0. The highest BCUT2D eigenvalue weighted by Gasteiger charge is 2.66. The molecule has 3 aromatic rings. The number of hydrogen-bond donors (Lipinski definition) is 2. The van der Waals surface area contributed by atoms with E-state index in [0.717, 1.165) is 12.3 Å². The second-order valence-electron chi connectivity index (χ2n) is 7.19. The Kier molecular flexibility index (Phi) is 6.22. The summed E-state index contributed by atoms with van der Waals surface area (Å²) in [5.41, 5.74) is 5.08. The minimum Gasteiger partial charge on any atom is -0.439 e. The van der Waals surface area contributed by atoms with Gasteiger partial charge in [-0.15, -0.1) is 0 Å². The summed E-state index contributed by atoms with van der Waals surface area (Å²) in [5.74, 6) is -5.42. The van der Waals surface area contributed by atoms with Crippen molar-refractivity contribution in [1.82, 2.24) is 15.0 Å². The molecule has 186 valence electrons. The number of hydrogen-bond acceptors (Lipinski definition) is 8. The first kappa shape index (κ1) is 25.5. The SMILES string of the molecule is Cc1ncc(-c2nc(-c3cc(C(OC(=O)C(F)(F)F)(C(N)=O)C(F)(F)F)ccc3C)cnc2N)o1. The predicted molar refractivity (Wildman–Crippen MR) is 106 cm³/mol. The number of halogens is 6. The number of anilines is 1. The molecule has 0 saturated carbocycles. The van der Waals surface area contributed by atoms with Crippen molar-refractivity contribution in [2.75, 3.05) is 5.73 Å². The average Bonchev–Trinajstić information content (AvgIpc) is 3.17. The molecule has 0 bridgehead atoms. The van der Waals surface area contributed by atoms with Crippen LogP contribution in [0.15, 0.2) is 35.0 Å². The summed E-state index contributed by atoms with van der Waals surface area (Å²) >= 11 is 0. The number of carbonyl (C=O) groups is 2. The molecule has 0 saturated heterocycles. The van der Waals surface area contributed by atoms with Crippen LogP contribution in [0.4, 0.5) is 32.2 Å². The van der Waals surface area contributed by atoms with Crippen LogP contribution in [0.25, 0.3) is 22.7 Å². The van der Waals surface area contributed by atoms with Gasteiger partial charge in [-0.3, -0.25) is 4.79 Å². The highest BCUT2D eigenvalue weighted by atomic mass is 19.4. The van der Waals surface area contributed by atoms with Crippen molar-refractivity contribution in [3.8, 4) is 22.7 Å². The van der Waals surface area contributed by atoms with Gasteiger partial charge in [-0.05, 0) is 18.6 Å². The molecule has 1 amide bonds. The highest BCUT2D eigenvalue weighted by Crippen LogP contribution is 2.45. The zero-order chi connectivity index (χ0) is 26.3. The maximum absolute atomic E-state index is 14.0. The van der Waals surface area contributed by atoms with Gasteiger partial charge in [0.15, 0.2) is 23.2 Å². The Morgan fingerprint density at radius 1 is 1.03 bits per heavy atom. The normalized spacial score (nSPS) is 13.8. The second-order valence-corrected chi connectivity index (χ2v) is 7.19. The molecule has 0 aliphatic carbocycles. The predicted octanol–water partition coefficient (Wildman–Crippen LogP) is 3.35. The largest absolute Gasteiger partial charge is 0.490 e. The van der Waals surface area contributed by atoms with E-state index in [1.807, 2.05) is 0 Å². The lowest BCUT2D eigenvalue weighted by Gasteiger charge is -2.33. The maximum Gasteiger partial charge on any atom is 0.490 e. The van der Waals surface area contributed by atoms with Gasteiger partial charge in [0.05, 0.1) is 18.1 Å². The monoisotopic (exact) mass is 503 g/mol. The summed E-state index contributed by atoms with van der Waals surface area (Å²) in [4.78, 5) is 35.3. The topological polar surface area (TPSA) is 147 Å². The van der Waals surface area contributed by atoms with Crippen LogP contribution in [0.3, 0.4) is 0 Å². The van der Waals surface area contributed by atoms with Crippen LogP contribution in [0.5, 0.6) is 0 Å². The number of ether oxygens (including phenoxy) is 1. The van der Waals surface area contributed by atoms with Gasteiger partial charge < -0.3 is 20.6 Å². The molecule has 0 aliphatic heterocycles. The van der Waals surface area contributed by atoms with E-state index in [1.165, 1.54) is 20.0 Å². The Labute approximate surface area is 192 Å². The lowest BCUT2D eigenvalue weighted by molar-refractivity contribution is -0.280. The van der Waals surface area contributed by atoms with Gasteiger partial charge in [0.2, 0.25) is 0 Å². The van der Waals surface area contributed by atoms with E-state index in [1.54, 1.807) is 0 Å². The third-order valence-electron chi connectivity index (χ3n) is 4.80. The molecule has 1 atom stereocenters. The molecule has 0 radical (unpaired) electrons. The van der Waals surface area contributed by atoms with Crippen LogP contribution >= 0.6 is 0 Å². The van der Waals surface area contributed by atoms with Gasteiger partial charge in [-0.25, -0.2) is 19.7 Å². The molecule has 1 aromatic carbocycles. The number of nitrogens with zero attached hydrogens (tertiary/aromatic N) is 3. The number of nitrogens with two attached hydrogens (primary N) is 2. The summed E-state index contributed by atoms with van der Waals surface area (Å²) in [5, 5.41) is 0. The second kappa shape index (κ2) is 8.56. The van der Waals surface area contributed by atoms with Crippen molar-refractivity contribution in [2.24, 2.45) is 5.73 Å². The van der Waals surface area contributed by atoms with E-state index in [2.05, 4.69) is 19.7 Å². The van der Waals surface area contributed by atoms with Crippen molar-refractivity contribution >= 4 is 17.7 Å². The highest BCUT2D eigenvalue weighted by molar-refractivity contribution is 5.90. The molecule has 15 heteroatoms. The Balaban J connectivity index is 2.23. The third-order valence-corrected chi connectivity index (χ3v) is 4.80.